The second-order valence-electron chi connectivity index (χ2n) is 6.97. The molecule has 0 spiro atoms. The highest BCUT2D eigenvalue weighted by molar-refractivity contribution is 7.91. The van der Waals surface area contributed by atoms with Crippen LogP contribution in [-0.2, 0) is 29.1 Å². The lowest BCUT2D eigenvalue weighted by Crippen LogP contribution is -2.34. The second-order valence-corrected chi connectivity index (χ2v) is 11.6. The van der Waals surface area contributed by atoms with Crippen LogP contribution in [0.5, 0.6) is 0 Å². The number of carbonyl (C=O) groups is 1. The molecule has 2 aromatic heterocycles. The third kappa shape index (κ3) is 5.81. The third-order valence-corrected chi connectivity index (χ3v) is 8.59. The zero-order chi connectivity index (χ0) is 24.4. The number of thiazole rings is 1. The van der Waals surface area contributed by atoms with E-state index in [2.05, 4.69) is 9.97 Å². The fraction of sp³-hybridized carbons (Fsp3) is 0.250. The Balaban J connectivity index is 1.98. The molecule has 3 aromatic rings. The summed E-state index contributed by atoms with van der Waals surface area (Å²) >= 11 is 0.707. The highest BCUT2D eigenvalue weighted by Crippen LogP contribution is 2.32. The van der Waals surface area contributed by atoms with E-state index in [-0.39, 0.29) is 20.8 Å². The minimum Gasteiger partial charge on any atom is -0.289 e. The molecule has 0 aliphatic rings. The zero-order valence-corrected chi connectivity index (χ0v) is 20.4. The van der Waals surface area contributed by atoms with Gasteiger partial charge in [-0.2, -0.15) is 8.42 Å². The number of hydrogen-bond acceptors (Lipinski definition) is 9. The molecule has 176 valence electrons. The maximum absolute atomic E-state index is 13.3. The topological polar surface area (TPSA) is 150 Å². The van der Waals surface area contributed by atoms with E-state index >= 15 is 0 Å². The van der Waals surface area contributed by atoms with E-state index in [9.17, 15) is 21.6 Å². The van der Waals surface area contributed by atoms with Gasteiger partial charge in [0.1, 0.15) is 0 Å². The molecular weight excluding hydrogens is 488 g/mol. The first-order valence-electron chi connectivity index (χ1n) is 9.63. The lowest BCUT2D eigenvalue weighted by Gasteiger charge is -2.22. The van der Waals surface area contributed by atoms with Crippen molar-refractivity contribution in [1.29, 1.82) is 0 Å². The summed E-state index contributed by atoms with van der Waals surface area (Å²) in [5.74, 6) is -1.08. The van der Waals surface area contributed by atoms with Gasteiger partial charge >= 0.3 is 0 Å². The number of pyridine rings is 1. The maximum Gasteiger partial charge on any atom is 0.268 e. The van der Waals surface area contributed by atoms with Gasteiger partial charge in [-0.25, -0.2) is 18.5 Å². The molecule has 0 radical (unpaired) electrons. The molecule has 13 heteroatoms. The average Bonchev–Trinajstić information content (AvgIpc) is 3.19. The van der Waals surface area contributed by atoms with E-state index < -0.39 is 32.2 Å². The van der Waals surface area contributed by atoms with Crippen molar-refractivity contribution in [3.8, 4) is 11.3 Å². The fourth-order valence-corrected chi connectivity index (χ4v) is 5.40. The van der Waals surface area contributed by atoms with Crippen LogP contribution in [-0.4, -0.2) is 45.5 Å². The molecule has 0 saturated carbocycles. The van der Waals surface area contributed by atoms with Gasteiger partial charge in [-0.15, -0.1) is 0 Å². The van der Waals surface area contributed by atoms with Gasteiger partial charge in [0.25, 0.3) is 16.0 Å². The summed E-state index contributed by atoms with van der Waals surface area (Å²) in [7, 11) is -6.68. The van der Waals surface area contributed by atoms with Crippen molar-refractivity contribution in [2.24, 2.45) is 5.14 Å². The lowest BCUT2D eigenvalue weighted by atomic mass is 10.0. The maximum atomic E-state index is 13.3. The van der Waals surface area contributed by atoms with Gasteiger partial charge < -0.3 is 0 Å². The number of aryl methyl sites for hydroxylation is 1. The largest absolute Gasteiger partial charge is 0.289 e. The molecule has 0 saturated heterocycles. The van der Waals surface area contributed by atoms with E-state index in [1.54, 1.807) is 36.5 Å². The van der Waals surface area contributed by atoms with E-state index in [1.165, 1.54) is 20.9 Å². The third-order valence-electron chi connectivity index (χ3n) is 4.61. The minimum absolute atomic E-state index is 0.0362. The number of hydrogen-bond donors (Lipinski definition) is 1. The molecule has 3 rings (SSSR count). The van der Waals surface area contributed by atoms with Crippen LogP contribution in [0.3, 0.4) is 0 Å². The standard InChI is InChI=1S/C20H22N4O6S3/c1-4-32(26,27)30-17(15-10-8-14(9-11-15)16-7-5-6-12-22-16)18(25)24(3)20-23-13(2)19(31-20)33(21,28)29/h5-12,17H,4H2,1-3H3,(H2,21,28,29). The van der Waals surface area contributed by atoms with Gasteiger partial charge in [-0.05, 0) is 31.5 Å². The molecule has 1 atom stereocenters. The number of carbonyl (C=O) groups excluding carboxylic acids is 1. The number of benzene rings is 1. The quantitative estimate of drug-likeness (QED) is 0.453. The Morgan fingerprint density at radius 1 is 1.15 bits per heavy atom. The van der Waals surface area contributed by atoms with E-state index in [0.717, 1.165) is 10.5 Å². The van der Waals surface area contributed by atoms with Gasteiger partial charge in [0.15, 0.2) is 15.4 Å². The summed E-state index contributed by atoms with van der Waals surface area (Å²) in [6.07, 6.45) is 0.146. The Labute approximate surface area is 196 Å². The SMILES string of the molecule is CCS(=O)(=O)OC(C(=O)N(C)c1nc(C)c(S(N)(=O)=O)s1)c1ccc(-c2ccccn2)cc1. The van der Waals surface area contributed by atoms with Crippen LogP contribution in [0.15, 0.2) is 52.9 Å². The molecule has 0 fully saturated rings. The summed E-state index contributed by atoms with van der Waals surface area (Å²) in [5, 5.41) is 5.23. The van der Waals surface area contributed by atoms with Crippen molar-refractivity contribution >= 4 is 42.5 Å². The molecule has 0 aliphatic heterocycles. The van der Waals surface area contributed by atoms with Crippen molar-refractivity contribution in [3.63, 3.8) is 0 Å². The Bertz CT molecular complexity index is 1350. The highest BCUT2D eigenvalue weighted by atomic mass is 32.2. The predicted molar refractivity (Wildman–Crippen MR) is 125 cm³/mol. The number of likely N-dealkylation sites (N-methyl/N-ethyl adjacent to an activating group) is 1. The molecule has 1 amide bonds. The second kappa shape index (κ2) is 9.65. The number of aromatic nitrogens is 2. The Morgan fingerprint density at radius 3 is 2.33 bits per heavy atom. The van der Waals surface area contributed by atoms with Gasteiger partial charge in [0.2, 0.25) is 10.0 Å². The Morgan fingerprint density at radius 2 is 1.82 bits per heavy atom. The first-order valence-corrected chi connectivity index (χ1v) is 13.6. The van der Waals surface area contributed by atoms with Gasteiger partial charge in [0.05, 0.1) is 17.1 Å². The average molecular weight is 511 g/mol. The summed E-state index contributed by atoms with van der Waals surface area (Å²) in [5.41, 5.74) is 1.91. The molecule has 10 nitrogen and oxygen atoms in total. The van der Waals surface area contributed by atoms with Crippen molar-refractivity contribution in [2.45, 2.75) is 24.2 Å². The molecule has 0 bridgehead atoms. The molecule has 1 aromatic carbocycles. The zero-order valence-electron chi connectivity index (χ0n) is 18.0. The van der Waals surface area contributed by atoms with Gasteiger partial charge in [-0.3, -0.25) is 18.9 Å². The summed E-state index contributed by atoms with van der Waals surface area (Å²) in [6.45, 7) is 2.84. The minimum atomic E-state index is -4.02. The van der Waals surface area contributed by atoms with E-state index in [1.807, 2.05) is 12.1 Å². The number of nitrogens with zero attached hydrogens (tertiary/aromatic N) is 3. The van der Waals surface area contributed by atoms with Crippen LogP contribution in [0.2, 0.25) is 0 Å². The number of nitrogens with two attached hydrogens (primary N) is 1. The lowest BCUT2D eigenvalue weighted by molar-refractivity contribution is -0.125. The number of primary sulfonamides is 1. The highest BCUT2D eigenvalue weighted by Gasteiger charge is 2.32. The van der Waals surface area contributed by atoms with Crippen LogP contribution >= 0.6 is 11.3 Å². The van der Waals surface area contributed by atoms with Crippen molar-refractivity contribution in [3.05, 3.63) is 59.9 Å². The Kier molecular flexibility index (Phi) is 7.29. The number of sulfonamides is 1. The van der Waals surface area contributed by atoms with Crippen molar-refractivity contribution in [2.75, 3.05) is 17.7 Å². The van der Waals surface area contributed by atoms with Crippen molar-refractivity contribution in [1.82, 2.24) is 9.97 Å². The number of anilines is 1. The van der Waals surface area contributed by atoms with Crippen LogP contribution < -0.4 is 10.0 Å². The molecule has 33 heavy (non-hydrogen) atoms. The van der Waals surface area contributed by atoms with Crippen LogP contribution in [0.25, 0.3) is 11.3 Å². The van der Waals surface area contributed by atoms with Gasteiger partial charge in [0, 0.05) is 18.8 Å². The molecule has 2 N–H and O–H groups in total. The van der Waals surface area contributed by atoms with Gasteiger partial charge in [-0.1, -0.05) is 41.7 Å². The Hall–Kier alpha value is -2.71. The van der Waals surface area contributed by atoms with Crippen molar-refractivity contribution < 1.29 is 25.8 Å². The normalized spacial score (nSPS) is 13.0. The number of rotatable bonds is 8. The smallest absolute Gasteiger partial charge is 0.268 e. The monoisotopic (exact) mass is 510 g/mol. The molecular formula is C20H22N4O6S3. The first kappa shape index (κ1) is 24.9. The molecule has 0 aliphatic carbocycles. The predicted octanol–water partition coefficient (Wildman–Crippen LogP) is 2.23. The van der Waals surface area contributed by atoms with Crippen LogP contribution in [0.4, 0.5) is 5.13 Å². The molecule has 1 unspecified atom stereocenters. The van der Waals surface area contributed by atoms with E-state index in [4.69, 9.17) is 9.32 Å². The summed E-state index contributed by atoms with van der Waals surface area (Å²) in [4.78, 5) is 22.7. The molecule has 2 heterocycles. The van der Waals surface area contributed by atoms with Crippen LogP contribution in [0.1, 0.15) is 24.3 Å². The fourth-order valence-electron chi connectivity index (χ4n) is 2.86. The van der Waals surface area contributed by atoms with Crippen LogP contribution in [0, 0.1) is 6.92 Å². The summed E-state index contributed by atoms with van der Waals surface area (Å²) < 4.78 is 52.9. The van der Waals surface area contributed by atoms with E-state index in [0.29, 0.717) is 22.6 Å². The number of amides is 1. The first-order chi connectivity index (χ1) is 15.4. The summed E-state index contributed by atoms with van der Waals surface area (Å²) in [6, 6.07) is 12.0.